The van der Waals surface area contributed by atoms with E-state index >= 15 is 0 Å². The first kappa shape index (κ1) is 15.8. The maximum absolute atomic E-state index is 9.07. The van der Waals surface area contributed by atoms with E-state index in [4.69, 9.17) is 14.8 Å². The first-order chi connectivity index (χ1) is 11.8. The maximum atomic E-state index is 9.07. The molecule has 4 rings (SSSR count). The maximum Gasteiger partial charge on any atom is 0.224 e. The largest absolute Gasteiger partial charge is 0.395 e. The van der Waals surface area contributed by atoms with Crippen LogP contribution < -0.4 is 10.2 Å². The lowest BCUT2D eigenvalue weighted by molar-refractivity contribution is 0.193. The van der Waals surface area contributed by atoms with E-state index in [-0.39, 0.29) is 6.61 Å². The fourth-order valence-corrected chi connectivity index (χ4v) is 4.04. The van der Waals surface area contributed by atoms with Crippen LogP contribution in [0.25, 0.3) is 0 Å². The Morgan fingerprint density at radius 3 is 2.67 bits per heavy atom. The Kier molecular flexibility index (Phi) is 4.67. The molecule has 0 aromatic carbocycles. The molecular formula is C18H26N4O2. The highest BCUT2D eigenvalue weighted by atomic mass is 16.5. The van der Waals surface area contributed by atoms with Gasteiger partial charge in [-0.2, -0.15) is 4.98 Å². The summed E-state index contributed by atoms with van der Waals surface area (Å²) in [7, 11) is 0. The van der Waals surface area contributed by atoms with Crippen molar-refractivity contribution < 1.29 is 9.84 Å². The third kappa shape index (κ3) is 3.26. The van der Waals surface area contributed by atoms with Crippen LogP contribution in [0.4, 0.5) is 11.8 Å². The Bertz CT molecular complexity index is 585. The van der Waals surface area contributed by atoms with Crippen molar-refractivity contribution in [3.8, 4) is 0 Å². The highest BCUT2D eigenvalue weighted by Crippen LogP contribution is 2.36. The molecule has 0 spiro atoms. The quantitative estimate of drug-likeness (QED) is 0.802. The van der Waals surface area contributed by atoms with Gasteiger partial charge in [-0.05, 0) is 31.1 Å². The number of allylic oxidation sites excluding steroid dienone is 2. The number of aliphatic hydroxyl groups excluding tert-OH is 1. The highest BCUT2D eigenvalue weighted by Gasteiger charge is 2.34. The van der Waals surface area contributed by atoms with Crippen LogP contribution in [-0.2, 0) is 4.74 Å². The summed E-state index contributed by atoms with van der Waals surface area (Å²) in [5.41, 5.74) is 1.06. The highest BCUT2D eigenvalue weighted by molar-refractivity contribution is 5.47. The normalized spacial score (nSPS) is 29.0. The van der Waals surface area contributed by atoms with Crippen LogP contribution >= 0.6 is 0 Å². The summed E-state index contributed by atoms with van der Waals surface area (Å²) in [6, 6.07) is 2.15. The molecule has 0 bridgehead atoms. The molecule has 1 aliphatic carbocycles. The molecule has 1 aromatic rings. The summed E-state index contributed by atoms with van der Waals surface area (Å²) in [6.45, 7) is 4.25. The van der Waals surface area contributed by atoms with E-state index in [1.54, 1.807) is 0 Å². The molecule has 3 heterocycles. The second-order valence-electron chi connectivity index (χ2n) is 7.05. The van der Waals surface area contributed by atoms with Gasteiger partial charge in [0.05, 0.1) is 18.9 Å². The number of hydrogen-bond donors (Lipinski definition) is 2. The van der Waals surface area contributed by atoms with E-state index in [0.29, 0.717) is 18.4 Å². The van der Waals surface area contributed by atoms with Gasteiger partial charge in [-0.1, -0.05) is 12.2 Å². The second-order valence-corrected chi connectivity index (χ2v) is 7.05. The average Bonchev–Trinajstić information content (AvgIpc) is 3.29. The first-order valence-electron chi connectivity index (χ1n) is 9.05. The van der Waals surface area contributed by atoms with Gasteiger partial charge in [0.2, 0.25) is 5.95 Å². The summed E-state index contributed by atoms with van der Waals surface area (Å²) in [4.78, 5) is 11.8. The number of nitrogens with zero attached hydrogens (tertiary/aromatic N) is 3. The lowest BCUT2D eigenvalue weighted by Gasteiger charge is -2.20. The van der Waals surface area contributed by atoms with Gasteiger partial charge in [-0.3, -0.25) is 0 Å². The number of aliphatic hydroxyl groups is 1. The fraction of sp³-hybridized carbons (Fsp3) is 0.667. The van der Waals surface area contributed by atoms with E-state index in [1.165, 1.54) is 12.8 Å². The first-order valence-corrected chi connectivity index (χ1v) is 9.05. The third-order valence-corrected chi connectivity index (χ3v) is 5.42. The molecule has 0 saturated carbocycles. The Morgan fingerprint density at radius 1 is 1.21 bits per heavy atom. The molecule has 2 aliphatic heterocycles. The summed E-state index contributed by atoms with van der Waals surface area (Å²) in [5, 5.41) is 12.2. The summed E-state index contributed by atoms with van der Waals surface area (Å²) >= 11 is 0. The Morgan fingerprint density at radius 2 is 2.00 bits per heavy atom. The fourth-order valence-electron chi connectivity index (χ4n) is 4.04. The van der Waals surface area contributed by atoms with E-state index < -0.39 is 0 Å². The predicted octanol–water partition coefficient (Wildman–Crippen LogP) is 1.79. The van der Waals surface area contributed by atoms with Crippen LogP contribution in [0.5, 0.6) is 0 Å². The molecule has 3 atom stereocenters. The SMILES string of the molecule is OCCNc1nc([C@H]2CCOC2)cc(N2C[C@H]3CC=CC[C@H]3C2)n1. The monoisotopic (exact) mass is 330 g/mol. The summed E-state index contributed by atoms with van der Waals surface area (Å²) < 4.78 is 5.53. The van der Waals surface area contributed by atoms with Crippen LogP contribution in [0.15, 0.2) is 18.2 Å². The molecule has 6 heteroatoms. The minimum Gasteiger partial charge on any atom is -0.395 e. The van der Waals surface area contributed by atoms with E-state index in [0.717, 1.165) is 56.1 Å². The smallest absolute Gasteiger partial charge is 0.224 e. The van der Waals surface area contributed by atoms with Gasteiger partial charge >= 0.3 is 0 Å². The van der Waals surface area contributed by atoms with Crippen molar-refractivity contribution in [2.45, 2.75) is 25.2 Å². The van der Waals surface area contributed by atoms with Crippen molar-refractivity contribution in [2.24, 2.45) is 11.8 Å². The van der Waals surface area contributed by atoms with Gasteiger partial charge in [0, 0.05) is 38.2 Å². The van der Waals surface area contributed by atoms with Gasteiger partial charge < -0.3 is 20.1 Å². The van der Waals surface area contributed by atoms with Crippen LogP contribution in [-0.4, -0.2) is 54.5 Å². The number of fused-ring (bicyclic) bond motifs is 1. The number of ether oxygens (including phenoxy) is 1. The van der Waals surface area contributed by atoms with E-state index in [1.807, 2.05) is 0 Å². The zero-order chi connectivity index (χ0) is 16.4. The number of nitrogens with one attached hydrogen (secondary N) is 1. The molecule has 6 nitrogen and oxygen atoms in total. The zero-order valence-electron chi connectivity index (χ0n) is 14.0. The van der Waals surface area contributed by atoms with Crippen LogP contribution in [0.3, 0.4) is 0 Å². The molecule has 1 aromatic heterocycles. The molecule has 3 aliphatic rings. The van der Waals surface area contributed by atoms with Crippen molar-refractivity contribution in [1.29, 1.82) is 0 Å². The Hall–Kier alpha value is -1.66. The van der Waals surface area contributed by atoms with Crippen molar-refractivity contribution in [3.63, 3.8) is 0 Å². The Labute approximate surface area is 142 Å². The third-order valence-electron chi connectivity index (χ3n) is 5.42. The molecular weight excluding hydrogens is 304 g/mol. The van der Waals surface area contributed by atoms with Gasteiger partial charge in [0.1, 0.15) is 5.82 Å². The minimum atomic E-state index is 0.0784. The van der Waals surface area contributed by atoms with Crippen LogP contribution in [0, 0.1) is 11.8 Å². The Balaban J connectivity index is 1.57. The molecule has 130 valence electrons. The average molecular weight is 330 g/mol. The van der Waals surface area contributed by atoms with Crippen molar-refractivity contribution in [1.82, 2.24) is 9.97 Å². The number of aromatic nitrogens is 2. The predicted molar refractivity (Wildman–Crippen MR) is 93.4 cm³/mol. The molecule has 2 N–H and O–H groups in total. The van der Waals surface area contributed by atoms with Gasteiger partial charge in [0.15, 0.2) is 0 Å². The number of rotatable bonds is 5. The minimum absolute atomic E-state index is 0.0784. The van der Waals surface area contributed by atoms with Crippen LogP contribution in [0.1, 0.15) is 30.9 Å². The van der Waals surface area contributed by atoms with Gasteiger partial charge in [-0.15, -0.1) is 0 Å². The molecule has 2 saturated heterocycles. The van der Waals surface area contributed by atoms with E-state index in [9.17, 15) is 0 Å². The van der Waals surface area contributed by atoms with Crippen molar-refractivity contribution in [3.05, 3.63) is 23.9 Å². The molecule has 0 radical (unpaired) electrons. The number of anilines is 2. The van der Waals surface area contributed by atoms with Crippen molar-refractivity contribution >= 4 is 11.8 Å². The molecule has 0 amide bonds. The lowest BCUT2D eigenvalue weighted by Crippen LogP contribution is -2.23. The molecule has 2 fully saturated rings. The molecule has 0 unspecified atom stereocenters. The lowest BCUT2D eigenvalue weighted by atomic mass is 9.86. The zero-order valence-corrected chi connectivity index (χ0v) is 14.0. The second kappa shape index (κ2) is 7.07. The summed E-state index contributed by atoms with van der Waals surface area (Å²) in [6.07, 6.45) is 8.03. The van der Waals surface area contributed by atoms with E-state index in [2.05, 4.69) is 33.4 Å². The topological polar surface area (TPSA) is 70.5 Å². The van der Waals surface area contributed by atoms with Crippen LogP contribution in [0.2, 0.25) is 0 Å². The molecule has 24 heavy (non-hydrogen) atoms. The van der Waals surface area contributed by atoms with Crippen molar-refractivity contribution in [2.75, 3.05) is 49.7 Å². The van der Waals surface area contributed by atoms with Gasteiger partial charge in [0.25, 0.3) is 0 Å². The standard InChI is InChI=1S/C18H26N4O2/c23-7-6-19-18-20-16(15-5-8-24-12-15)9-17(21-18)22-10-13-3-1-2-4-14(13)11-22/h1-2,9,13-15,23H,3-8,10-12H2,(H,19,20,21)/t13-,14+,15-/m0/s1. The number of hydrogen-bond acceptors (Lipinski definition) is 6. The summed E-state index contributed by atoms with van der Waals surface area (Å²) in [5.74, 6) is 3.49. The van der Waals surface area contributed by atoms with Gasteiger partial charge in [-0.25, -0.2) is 4.98 Å².